The molecule has 0 bridgehead atoms. The number of amidine groups is 1. The van der Waals surface area contributed by atoms with Gasteiger partial charge in [-0.3, -0.25) is 15.0 Å². The molecular formula is C13H22N2O4S. The summed E-state index contributed by atoms with van der Waals surface area (Å²) in [7, 11) is 0. The smallest absolute Gasteiger partial charge is 0.323 e. The van der Waals surface area contributed by atoms with Gasteiger partial charge in [-0.15, -0.1) is 0 Å². The zero-order valence-electron chi connectivity index (χ0n) is 12.1. The van der Waals surface area contributed by atoms with E-state index in [1.54, 1.807) is 6.92 Å². The molecule has 1 fully saturated rings. The second kappa shape index (κ2) is 6.97. The van der Waals surface area contributed by atoms with Crippen molar-refractivity contribution in [3.8, 4) is 0 Å². The Bertz CT molecular complexity index is 400. The molecule has 114 valence electrons. The lowest BCUT2D eigenvalue weighted by Crippen LogP contribution is -2.38. The molecule has 0 spiro atoms. The zero-order valence-corrected chi connectivity index (χ0v) is 12.9. The number of carbonyl (C=O) groups excluding carboxylic acids is 2. The second-order valence-corrected chi connectivity index (χ2v) is 6.37. The third-order valence-corrected chi connectivity index (χ3v) is 3.94. The van der Waals surface area contributed by atoms with Crippen LogP contribution in [-0.4, -0.2) is 35.6 Å². The molecule has 0 aliphatic carbocycles. The van der Waals surface area contributed by atoms with Gasteiger partial charge >= 0.3 is 11.9 Å². The summed E-state index contributed by atoms with van der Waals surface area (Å²) in [6.45, 7) is 5.85. The molecule has 0 aromatic carbocycles. The fraction of sp³-hybridized carbons (Fsp3) is 0.769. The van der Waals surface area contributed by atoms with Crippen molar-refractivity contribution < 1.29 is 19.1 Å². The fourth-order valence-electron chi connectivity index (χ4n) is 2.44. The van der Waals surface area contributed by atoms with E-state index in [1.165, 1.54) is 0 Å². The molecule has 0 aromatic rings. The van der Waals surface area contributed by atoms with E-state index in [-0.39, 0.29) is 17.7 Å². The molecule has 1 aliphatic heterocycles. The van der Waals surface area contributed by atoms with Crippen molar-refractivity contribution in [2.45, 2.75) is 39.7 Å². The Morgan fingerprint density at radius 3 is 2.80 bits per heavy atom. The first-order valence-corrected chi connectivity index (χ1v) is 7.65. The number of nitrogens with one attached hydrogen (secondary N) is 1. The first-order valence-electron chi connectivity index (χ1n) is 6.67. The third kappa shape index (κ3) is 3.88. The Balaban J connectivity index is 2.85. The van der Waals surface area contributed by atoms with Crippen molar-refractivity contribution in [2.24, 2.45) is 17.1 Å². The number of carbonyl (C=O) groups is 2. The van der Waals surface area contributed by atoms with Gasteiger partial charge < -0.3 is 15.2 Å². The number of rotatable bonds is 6. The van der Waals surface area contributed by atoms with Crippen molar-refractivity contribution in [3.63, 3.8) is 0 Å². The Morgan fingerprint density at radius 2 is 2.30 bits per heavy atom. The highest BCUT2D eigenvalue weighted by Gasteiger charge is 2.56. The van der Waals surface area contributed by atoms with Crippen LogP contribution in [0.1, 0.15) is 33.6 Å². The molecule has 7 heteroatoms. The van der Waals surface area contributed by atoms with Crippen LogP contribution >= 0.6 is 11.8 Å². The van der Waals surface area contributed by atoms with Gasteiger partial charge in [0.25, 0.3) is 0 Å². The van der Waals surface area contributed by atoms with Crippen molar-refractivity contribution >= 4 is 28.9 Å². The maximum absolute atomic E-state index is 12.2. The van der Waals surface area contributed by atoms with Gasteiger partial charge in [0.1, 0.15) is 6.10 Å². The minimum absolute atomic E-state index is 0.0291. The number of ether oxygens (including phenoxy) is 2. The molecule has 0 amide bonds. The first-order chi connectivity index (χ1) is 9.31. The summed E-state index contributed by atoms with van der Waals surface area (Å²) >= 11 is 1.11. The van der Waals surface area contributed by atoms with Gasteiger partial charge in [-0.1, -0.05) is 25.6 Å². The fourth-order valence-corrected chi connectivity index (χ4v) is 2.99. The van der Waals surface area contributed by atoms with E-state index >= 15 is 0 Å². The topological polar surface area (TPSA) is 102 Å². The standard InChI is InChI=1S/C13H22N2O4S/c1-4-18-10(16)13(5-8(2)3)6-9(19-11(13)17)7-20-12(14)15/h8-9H,4-7H2,1-3H3,(H3,14,15). The average Bonchev–Trinajstić information content (AvgIpc) is 2.64. The Morgan fingerprint density at radius 1 is 1.65 bits per heavy atom. The number of cyclic esters (lactones) is 1. The van der Waals surface area contributed by atoms with Crippen LogP contribution in [0.5, 0.6) is 0 Å². The predicted molar refractivity (Wildman–Crippen MR) is 77.4 cm³/mol. The molecule has 0 radical (unpaired) electrons. The van der Waals surface area contributed by atoms with E-state index < -0.39 is 23.5 Å². The average molecular weight is 302 g/mol. The summed E-state index contributed by atoms with van der Waals surface area (Å²) < 4.78 is 10.3. The lowest BCUT2D eigenvalue weighted by molar-refractivity contribution is -0.166. The van der Waals surface area contributed by atoms with E-state index in [4.69, 9.17) is 20.6 Å². The third-order valence-electron chi connectivity index (χ3n) is 3.09. The molecule has 1 saturated heterocycles. The molecule has 1 rings (SSSR count). The van der Waals surface area contributed by atoms with Crippen LogP contribution in [0, 0.1) is 16.7 Å². The van der Waals surface area contributed by atoms with Crippen LogP contribution in [0.15, 0.2) is 0 Å². The van der Waals surface area contributed by atoms with E-state index in [0.29, 0.717) is 18.6 Å². The minimum Gasteiger partial charge on any atom is -0.465 e. The van der Waals surface area contributed by atoms with Gasteiger partial charge in [0.2, 0.25) is 0 Å². The Hall–Kier alpha value is -1.24. The molecule has 1 aliphatic rings. The van der Waals surface area contributed by atoms with Crippen LogP contribution in [0.4, 0.5) is 0 Å². The Kier molecular flexibility index (Phi) is 5.86. The van der Waals surface area contributed by atoms with Crippen LogP contribution in [0.3, 0.4) is 0 Å². The van der Waals surface area contributed by atoms with Gasteiger partial charge in [0.15, 0.2) is 10.6 Å². The van der Waals surface area contributed by atoms with Gasteiger partial charge in [0.05, 0.1) is 6.61 Å². The maximum atomic E-state index is 12.2. The largest absolute Gasteiger partial charge is 0.465 e. The van der Waals surface area contributed by atoms with E-state index in [2.05, 4.69) is 0 Å². The van der Waals surface area contributed by atoms with Crippen LogP contribution < -0.4 is 5.73 Å². The molecule has 3 N–H and O–H groups in total. The van der Waals surface area contributed by atoms with Crippen LogP contribution in [-0.2, 0) is 19.1 Å². The number of thioether (sulfide) groups is 1. The molecule has 2 atom stereocenters. The molecule has 6 nitrogen and oxygen atoms in total. The highest BCUT2D eigenvalue weighted by Crippen LogP contribution is 2.41. The SMILES string of the molecule is CCOC(=O)C1(CC(C)C)CC(CSC(=N)N)OC1=O. The lowest BCUT2D eigenvalue weighted by atomic mass is 9.77. The van der Waals surface area contributed by atoms with E-state index in [1.807, 2.05) is 13.8 Å². The number of hydrogen-bond donors (Lipinski definition) is 2. The summed E-state index contributed by atoms with van der Waals surface area (Å²) in [5.74, 6) is -0.459. The van der Waals surface area contributed by atoms with E-state index in [0.717, 1.165) is 11.8 Å². The molecule has 0 aromatic heterocycles. The minimum atomic E-state index is -1.20. The zero-order chi connectivity index (χ0) is 15.3. The summed E-state index contributed by atoms with van der Waals surface area (Å²) in [4.78, 5) is 24.4. The second-order valence-electron chi connectivity index (χ2n) is 5.31. The van der Waals surface area contributed by atoms with Gasteiger partial charge in [-0.05, 0) is 19.3 Å². The predicted octanol–water partition coefficient (Wildman–Crippen LogP) is 1.52. The van der Waals surface area contributed by atoms with E-state index in [9.17, 15) is 9.59 Å². The van der Waals surface area contributed by atoms with Gasteiger partial charge in [0, 0.05) is 12.2 Å². The van der Waals surface area contributed by atoms with Gasteiger partial charge in [-0.2, -0.15) is 0 Å². The highest BCUT2D eigenvalue weighted by atomic mass is 32.2. The maximum Gasteiger partial charge on any atom is 0.323 e. The number of esters is 2. The normalized spacial score (nSPS) is 25.6. The molecular weight excluding hydrogens is 280 g/mol. The molecule has 0 saturated carbocycles. The lowest BCUT2D eigenvalue weighted by Gasteiger charge is -2.24. The molecule has 2 unspecified atom stereocenters. The summed E-state index contributed by atoms with van der Waals surface area (Å²) in [5, 5.41) is 7.15. The summed E-state index contributed by atoms with van der Waals surface area (Å²) in [5.41, 5.74) is 4.07. The quantitative estimate of drug-likeness (QED) is 0.334. The Labute approximate surface area is 123 Å². The van der Waals surface area contributed by atoms with Crippen molar-refractivity contribution in [3.05, 3.63) is 0 Å². The van der Waals surface area contributed by atoms with Crippen LogP contribution in [0.2, 0.25) is 0 Å². The van der Waals surface area contributed by atoms with Gasteiger partial charge in [-0.25, -0.2) is 0 Å². The highest BCUT2D eigenvalue weighted by molar-refractivity contribution is 8.13. The van der Waals surface area contributed by atoms with Crippen molar-refractivity contribution in [1.82, 2.24) is 0 Å². The monoisotopic (exact) mass is 302 g/mol. The summed E-state index contributed by atoms with van der Waals surface area (Å²) in [6.07, 6.45) is 0.300. The van der Waals surface area contributed by atoms with Crippen molar-refractivity contribution in [2.75, 3.05) is 12.4 Å². The first kappa shape index (κ1) is 16.8. The summed E-state index contributed by atoms with van der Waals surface area (Å²) in [6, 6.07) is 0. The molecule has 20 heavy (non-hydrogen) atoms. The number of hydrogen-bond acceptors (Lipinski definition) is 6. The van der Waals surface area contributed by atoms with Crippen molar-refractivity contribution in [1.29, 1.82) is 5.41 Å². The molecule has 1 heterocycles. The van der Waals surface area contributed by atoms with Crippen LogP contribution in [0.25, 0.3) is 0 Å². The number of nitrogens with two attached hydrogens (primary N) is 1.